The molecule has 2 amide bonds. The number of nitrogens with one attached hydrogen (secondary N) is 2. The molecule has 0 radical (unpaired) electrons. The van der Waals surface area contributed by atoms with Crippen molar-refractivity contribution in [2.45, 2.75) is 19.3 Å². The predicted molar refractivity (Wildman–Crippen MR) is 83.3 cm³/mol. The fourth-order valence-electron chi connectivity index (χ4n) is 1.59. The molecule has 0 aliphatic rings. The Bertz CT molecular complexity index is 564. The molecule has 8 heteroatoms. The molecular weight excluding hydrogens is 331 g/mol. The van der Waals surface area contributed by atoms with E-state index in [1.165, 1.54) is 18.2 Å². The number of benzene rings is 1. The van der Waals surface area contributed by atoms with Crippen LogP contribution in [0.1, 0.15) is 29.6 Å². The zero-order chi connectivity index (χ0) is 16.5. The Morgan fingerprint density at radius 1 is 1.05 bits per heavy atom. The number of carbonyl (C=O) groups is 3. The second-order valence-electron chi connectivity index (χ2n) is 4.51. The van der Waals surface area contributed by atoms with Gasteiger partial charge in [0.05, 0.1) is 16.6 Å². The summed E-state index contributed by atoms with van der Waals surface area (Å²) in [5, 5.41) is 14.1. The standard InChI is InChI=1S/C14H16Cl2N2O4/c15-10-5-4-9(7-11(10)16)14(22)18-8-12(19)17-6-2-1-3-13(20)21/h4-5,7H,1-3,6,8H2,(H,17,19)(H,18,22)(H,20,21). The smallest absolute Gasteiger partial charge is 0.303 e. The van der Waals surface area contributed by atoms with Crippen molar-refractivity contribution in [1.29, 1.82) is 0 Å². The van der Waals surface area contributed by atoms with Gasteiger partial charge >= 0.3 is 5.97 Å². The average Bonchev–Trinajstić information content (AvgIpc) is 2.47. The van der Waals surface area contributed by atoms with Crippen molar-refractivity contribution in [3.8, 4) is 0 Å². The van der Waals surface area contributed by atoms with E-state index in [4.69, 9.17) is 28.3 Å². The first-order chi connectivity index (χ1) is 10.4. The van der Waals surface area contributed by atoms with Crippen molar-refractivity contribution in [3.05, 3.63) is 33.8 Å². The third kappa shape index (κ3) is 6.78. The van der Waals surface area contributed by atoms with Gasteiger partial charge in [-0.25, -0.2) is 0 Å². The number of halogens is 2. The number of carboxylic acid groups (broad SMARTS) is 1. The maximum absolute atomic E-state index is 11.8. The van der Waals surface area contributed by atoms with E-state index in [9.17, 15) is 14.4 Å². The maximum Gasteiger partial charge on any atom is 0.303 e. The summed E-state index contributed by atoms with van der Waals surface area (Å²) < 4.78 is 0. The van der Waals surface area contributed by atoms with Crippen molar-refractivity contribution < 1.29 is 19.5 Å². The van der Waals surface area contributed by atoms with Crippen molar-refractivity contribution in [3.63, 3.8) is 0 Å². The van der Waals surface area contributed by atoms with Crippen LogP contribution >= 0.6 is 23.2 Å². The number of hydrogen-bond donors (Lipinski definition) is 3. The molecule has 0 heterocycles. The highest BCUT2D eigenvalue weighted by Crippen LogP contribution is 2.22. The minimum Gasteiger partial charge on any atom is -0.481 e. The van der Waals surface area contributed by atoms with E-state index in [-0.39, 0.29) is 23.9 Å². The molecule has 0 aliphatic heterocycles. The molecule has 0 saturated carbocycles. The van der Waals surface area contributed by atoms with E-state index in [0.717, 1.165) is 0 Å². The van der Waals surface area contributed by atoms with E-state index < -0.39 is 11.9 Å². The highest BCUT2D eigenvalue weighted by molar-refractivity contribution is 6.42. The van der Waals surface area contributed by atoms with Crippen molar-refractivity contribution in [1.82, 2.24) is 10.6 Å². The molecule has 0 aliphatic carbocycles. The largest absolute Gasteiger partial charge is 0.481 e. The molecule has 1 rings (SSSR count). The summed E-state index contributed by atoms with van der Waals surface area (Å²) in [6.45, 7) is 0.201. The second-order valence-corrected chi connectivity index (χ2v) is 5.33. The van der Waals surface area contributed by atoms with Crippen LogP contribution in [0.25, 0.3) is 0 Å². The topological polar surface area (TPSA) is 95.5 Å². The first kappa shape index (κ1) is 18.3. The van der Waals surface area contributed by atoms with Gasteiger partial charge in [-0.15, -0.1) is 0 Å². The third-order valence-corrected chi connectivity index (χ3v) is 3.47. The van der Waals surface area contributed by atoms with Crippen LogP contribution in [0.15, 0.2) is 18.2 Å². The van der Waals surface area contributed by atoms with Gasteiger partial charge in [-0.1, -0.05) is 23.2 Å². The van der Waals surface area contributed by atoms with Crippen LogP contribution in [0.4, 0.5) is 0 Å². The number of aliphatic carboxylic acids is 1. The molecule has 0 fully saturated rings. The second kappa shape index (κ2) is 9.27. The molecule has 1 aromatic rings. The average molecular weight is 347 g/mol. The summed E-state index contributed by atoms with van der Waals surface area (Å²) in [7, 11) is 0. The highest BCUT2D eigenvalue weighted by Gasteiger charge is 2.09. The van der Waals surface area contributed by atoms with Gasteiger partial charge < -0.3 is 15.7 Å². The minimum absolute atomic E-state index is 0.0733. The van der Waals surface area contributed by atoms with Gasteiger partial charge in [-0.05, 0) is 31.0 Å². The minimum atomic E-state index is -0.861. The van der Waals surface area contributed by atoms with E-state index in [0.29, 0.717) is 30.0 Å². The normalized spacial score (nSPS) is 10.1. The maximum atomic E-state index is 11.8. The molecule has 0 atom stereocenters. The molecule has 0 aromatic heterocycles. The van der Waals surface area contributed by atoms with Crippen LogP contribution in [0, 0.1) is 0 Å². The van der Waals surface area contributed by atoms with Crippen LogP contribution in [0.5, 0.6) is 0 Å². The number of hydrogen-bond acceptors (Lipinski definition) is 3. The summed E-state index contributed by atoms with van der Waals surface area (Å²) in [5.41, 5.74) is 0.309. The molecule has 0 unspecified atom stereocenters. The van der Waals surface area contributed by atoms with E-state index >= 15 is 0 Å². The summed E-state index contributed by atoms with van der Waals surface area (Å²) in [5.74, 6) is -1.64. The number of carboxylic acids is 1. The van der Waals surface area contributed by atoms with Gasteiger partial charge in [0.15, 0.2) is 0 Å². The first-order valence-corrected chi connectivity index (χ1v) is 7.37. The fourth-order valence-corrected chi connectivity index (χ4v) is 1.89. The first-order valence-electron chi connectivity index (χ1n) is 6.62. The molecule has 120 valence electrons. The Morgan fingerprint density at radius 3 is 2.41 bits per heavy atom. The number of unbranched alkanes of at least 4 members (excludes halogenated alkanes) is 1. The Hall–Kier alpha value is -1.79. The van der Waals surface area contributed by atoms with Gasteiger partial charge in [0, 0.05) is 18.5 Å². The zero-order valence-electron chi connectivity index (χ0n) is 11.7. The van der Waals surface area contributed by atoms with Gasteiger partial charge in [0.2, 0.25) is 5.91 Å². The summed E-state index contributed by atoms with van der Waals surface area (Å²) in [6, 6.07) is 4.43. The predicted octanol–water partition coefficient (Wildman–Crippen LogP) is 2.09. The van der Waals surface area contributed by atoms with Gasteiger partial charge in [-0.2, -0.15) is 0 Å². The van der Waals surface area contributed by atoms with Crippen LogP contribution < -0.4 is 10.6 Å². The molecule has 1 aromatic carbocycles. The summed E-state index contributed by atoms with van der Waals surface area (Å²) in [4.78, 5) is 33.6. The molecule has 22 heavy (non-hydrogen) atoms. The van der Waals surface area contributed by atoms with E-state index in [1.807, 2.05) is 0 Å². The zero-order valence-corrected chi connectivity index (χ0v) is 13.2. The lowest BCUT2D eigenvalue weighted by Gasteiger charge is -2.07. The van der Waals surface area contributed by atoms with Gasteiger partial charge in [0.1, 0.15) is 0 Å². The van der Waals surface area contributed by atoms with E-state index in [1.54, 1.807) is 0 Å². The number of amides is 2. The number of carbonyl (C=O) groups excluding carboxylic acids is 2. The molecule has 0 saturated heterocycles. The lowest BCUT2D eigenvalue weighted by molar-refractivity contribution is -0.137. The van der Waals surface area contributed by atoms with Crippen molar-refractivity contribution in [2.24, 2.45) is 0 Å². The summed E-state index contributed by atoms with van der Waals surface area (Å²) >= 11 is 11.6. The molecular formula is C14H16Cl2N2O4. The Labute approximate surface area is 137 Å². The lowest BCUT2D eigenvalue weighted by Crippen LogP contribution is -2.37. The van der Waals surface area contributed by atoms with Gasteiger partial charge in [-0.3, -0.25) is 14.4 Å². The third-order valence-electron chi connectivity index (χ3n) is 2.73. The Morgan fingerprint density at radius 2 is 1.77 bits per heavy atom. The fraction of sp³-hybridized carbons (Fsp3) is 0.357. The molecule has 0 bridgehead atoms. The lowest BCUT2D eigenvalue weighted by atomic mass is 10.2. The van der Waals surface area contributed by atoms with Crippen molar-refractivity contribution >= 4 is 41.0 Å². The van der Waals surface area contributed by atoms with Crippen molar-refractivity contribution in [2.75, 3.05) is 13.1 Å². The van der Waals surface area contributed by atoms with Crippen LogP contribution in [0.3, 0.4) is 0 Å². The van der Waals surface area contributed by atoms with Crippen LogP contribution in [-0.2, 0) is 9.59 Å². The van der Waals surface area contributed by atoms with Gasteiger partial charge in [0.25, 0.3) is 5.91 Å². The molecule has 0 spiro atoms. The monoisotopic (exact) mass is 346 g/mol. The van der Waals surface area contributed by atoms with Crippen LogP contribution in [-0.4, -0.2) is 36.0 Å². The summed E-state index contributed by atoms with van der Waals surface area (Å²) in [6.07, 6.45) is 1.13. The Kier molecular flexibility index (Phi) is 7.70. The van der Waals surface area contributed by atoms with Crippen LogP contribution in [0.2, 0.25) is 10.0 Å². The quantitative estimate of drug-likeness (QED) is 0.628. The number of rotatable bonds is 8. The molecule has 6 nitrogen and oxygen atoms in total. The Balaban J connectivity index is 2.27. The SMILES string of the molecule is O=C(O)CCCCNC(=O)CNC(=O)c1ccc(Cl)c(Cl)c1. The molecule has 3 N–H and O–H groups in total. The van der Waals surface area contributed by atoms with E-state index in [2.05, 4.69) is 10.6 Å². The highest BCUT2D eigenvalue weighted by atomic mass is 35.5.